The van der Waals surface area contributed by atoms with Gasteiger partial charge in [-0.05, 0) is 56.9 Å². The van der Waals surface area contributed by atoms with Crippen LogP contribution in [0, 0.1) is 18.1 Å². The van der Waals surface area contributed by atoms with Crippen molar-refractivity contribution in [3.63, 3.8) is 0 Å². The molecule has 0 saturated carbocycles. The molecule has 1 aromatic rings. The van der Waals surface area contributed by atoms with Crippen LogP contribution in [0.15, 0.2) is 18.2 Å². The summed E-state index contributed by atoms with van der Waals surface area (Å²) in [6.07, 6.45) is 6.66. The van der Waals surface area contributed by atoms with Gasteiger partial charge in [0.1, 0.15) is 28.6 Å². The van der Waals surface area contributed by atoms with Crippen molar-refractivity contribution in [2.45, 2.75) is 31.1 Å². The van der Waals surface area contributed by atoms with Crippen LogP contribution in [0.4, 0.5) is 0 Å². The molecule has 144 valence electrons. The lowest BCUT2D eigenvalue weighted by atomic mass is 9.79. The average Bonchev–Trinajstić information content (AvgIpc) is 2.71. The molecule has 5 nitrogen and oxygen atoms in total. The first kappa shape index (κ1) is 21.0. The maximum Gasteiger partial charge on any atom is 0.317 e. The Morgan fingerprint density at radius 3 is 2.38 bits per heavy atom. The van der Waals surface area contributed by atoms with Gasteiger partial charge in [0.05, 0.1) is 13.7 Å². The van der Waals surface area contributed by atoms with Crippen LogP contribution in [0.3, 0.4) is 0 Å². The fraction of sp³-hybridized carbons (Fsp3) is 0.650. The van der Waals surface area contributed by atoms with E-state index < -0.39 is 18.0 Å². The first-order chi connectivity index (χ1) is 12.5. The fourth-order valence-electron chi connectivity index (χ4n) is 3.49. The number of aliphatic hydroxyl groups excluding tert-OH is 1. The lowest BCUT2D eigenvalue weighted by Gasteiger charge is -2.38. The molecule has 4 rings (SSSR count). The van der Waals surface area contributed by atoms with Crippen molar-refractivity contribution in [1.29, 1.82) is 0 Å². The van der Waals surface area contributed by atoms with Gasteiger partial charge in [0.15, 0.2) is 0 Å². The van der Waals surface area contributed by atoms with Gasteiger partial charge in [-0.25, -0.2) is 0 Å². The first-order valence-electron chi connectivity index (χ1n) is 9.14. The van der Waals surface area contributed by atoms with Crippen molar-refractivity contribution in [2.75, 3.05) is 45.4 Å². The Hall–Kier alpha value is -1.26. The Morgan fingerprint density at radius 1 is 1.38 bits per heavy atom. The molecule has 3 aliphatic rings. The van der Waals surface area contributed by atoms with Crippen molar-refractivity contribution in [1.82, 2.24) is 4.90 Å². The van der Waals surface area contributed by atoms with Crippen molar-refractivity contribution in [3.8, 4) is 0 Å². The smallest absolute Gasteiger partial charge is 0.317 e. The second kappa shape index (κ2) is 10.2. The highest BCUT2D eigenvalue weighted by molar-refractivity contribution is 7.91. The number of fused-ring (bicyclic) bond motifs is 3. The van der Waals surface area contributed by atoms with Gasteiger partial charge >= 0.3 is 5.97 Å². The molecule has 3 saturated heterocycles. The largest absolute Gasteiger partial charge is 0.480 e. The number of rotatable bonds is 7. The van der Waals surface area contributed by atoms with Crippen LogP contribution in [0.2, 0.25) is 0 Å². The number of aliphatic carboxylic acids is 1. The number of nitrogens with zero attached hydrogens (tertiary/aromatic N) is 1. The van der Waals surface area contributed by atoms with Gasteiger partial charge in [0, 0.05) is 12.0 Å². The molecule has 0 radical (unpaired) electrons. The van der Waals surface area contributed by atoms with Gasteiger partial charge in [0.25, 0.3) is 0 Å². The minimum absolute atomic E-state index is 0.306. The Balaban J connectivity index is 0.000000247. The molecular formula is C20H30NO4S+. The highest BCUT2D eigenvalue weighted by atomic mass is 32.2. The topological polar surface area (TPSA) is 70.0 Å². The first-order valence-corrected chi connectivity index (χ1v) is 10.9. The van der Waals surface area contributed by atoms with Gasteiger partial charge in [-0.2, -0.15) is 4.18 Å². The predicted molar refractivity (Wildman–Crippen MR) is 104 cm³/mol. The summed E-state index contributed by atoms with van der Waals surface area (Å²) >= 11 is -0.314. The Labute approximate surface area is 159 Å². The van der Waals surface area contributed by atoms with Gasteiger partial charge < -0.3 is 15.1 Å². The Bertz CT molecular complexity index is 525. The molecule has 26 heavy (non-hydrogen) atoms. The Morgan fingerprint density at radius 2 is 2.04 bits per heavy atom. The van der Waals surface area contributed by atoms with E-state index in [9.17, 15) is 15.0 Å². The standard InChI is InChI=1S/C13H16O4S.C7H13N/c1-17-18(2)9-8-13(10-14,12(15)16)11-6-4-3-5-7-11;1-4-8-5-2-7(1)3-6-8/h3-4,6,14H,8-10H2,1-2H3;7H,1-6H2/p+1. The SMILES string of the molecule is C1CN2CCC1CC2.CO[S+](C)CCC(CO)(C(=O)O)c1c#cccc1. The minimum atomic E-state index is -1.32. The fourth-order valence-corrected chi connectivity index (χ4v) is 4.29. The maximum atomic E-state index is 11.5. The predicted octanol–water partition coefficient (Wildman–Crippen LogP) is 1.90. The van der Waals surface area contributed by atoms with E-state index in [1.807, 2.05) is 6.26 Å². The van der Waals surface area contributed by atoms with Gasteiger partial charge in [-0.15, -0.1) is 0 Å². The van der Waals surface area contributed by atoms with Crippen LogP contribution in [0.25, 0.3) is 0 Å². The molecular weight excluding hydrogens is 350 g/mol. The zero-order valence-electron chi connectivity index (χ0n) is 15.7. The van der Waals surface area contributed by atoms with Crippen LogP contribution >= 0.6 is 0 Å². The summed E-state index contributed by atoms with van der Waals surface area (Å²) in [5, 5.41) is 19.0. The molecule has 3 aliphatic heterocycles. The van der Waals surface area contributed by atoms with Crippen molar-refractivity contribution < 1.29 is 19.2 Å². The number of piperidine rings is 3. The van der Waals surface area contributed by atoms with E-state index in [1.165, 1.54) is 38.9 Å². The second-order valence-electron chi connectivity index (χ2n) is 7.02. The van der Waals surface area contributed by atoms with Gasteiger partial charge in [-0.3, -0.25) is 4.79 Å². The third-order valence-corrected chi connectivity index (χ3v) is 6.85. The normalized spacial score (nSPS) is 24.6. The Kier molecular flexibility index (Phi) is 8.23. The molecule has 1 aromatic carbocycles. The number of hydrogen-bond acceptors (Lipinski definition) is 4. The van der Waals surface area contributed by atoms with Crippen LogP contribution < -0.4 is 0 Å². The molecule has 0 aromatic heterocycles. The molecule has 0 spiro atoms. The molecule has 3 fully saturated rings. The van der Waals surface area contributed by atoms with Gasteiger partial charge in [0.2, 0.25) is 0 Å². The van der Waals surface area contributed by atoms with Gasteiger partial charge in [-0.1, -0.05) is 18.2 Å². The third kappa shape index (κ3) is 5.37. The lowest BCUT2D eigenvalue weighted by molar-refractivity contribution is -0.145. The summed E-state index contributed by atoms with van der Waals surface area (Å²) in [4.78, 5) is 14.1. The van der Waals surface area contributed by atoms with E-state index in [0.717, 1.165) is 5.92 Å². The van der Waals surface area contributed by atoms with Crippen molar-refractivity contribution >= 4 is 17.1 Å². The van der Waals surface area contributed by atoms with Crippen molar-refractivity contribution in [3.05, 3.63) is 35.9 Å². The van der Waals surface area contributed by atoms with E-state index in [1.54, 1.807) is 25.3 Å². The number of carboxylic acids is 1. The van der Waals surface area contributed by atoms with E-state index in [2.05, 4.69) is 17.0 Å². The number of carbonyl (C=O) groups is 1. The molecule has 2 N–H and O–H groups in total. The quantitative estimate of drug-likeness (QED) is 0.707. The molecule has 0 amide bonds. The highest BCUT2D eigenvalue weighted by Crippen LogP contribution is 2.28. The van der Waals surface area contributed by atoms with Crippen LogP contribution in [-0.2, 0) is 25.6 Å². The summed E-state index contributed by atoms with van der Waals surface area (Å²) in [6.45, 7) is 3.72. The zero-order chi connectivity index (χ0) is 19.0. The second-order valence-corrected chi connectivity index (χ2v) is 8.91. The summed E-state index contributed by atoms with van der Waals surface area (Å²) in [5.41, 5.74) is -0.870. The monoisotopic (exact) mass is 380 g/mol. The average molecular weight is 381 g/mol. The van der Waals surface area contributed by atoms with E-state index in [0.29, 0.717) is 17.7 Å². The highest BCUT2D eigenvalue weighted by Gasteiger charge is 2.42. The number of carboxylic acid groups (broad SMARTS) is 1. The minimum Gasteiger partial charge on any atom is -0.480 e. The molecule has 6 heteroatoms. The summed E-state index contributed by atoms with van der Waals surface area (Å²) < 4.78 is 5.14. The lowest BCUT2D eigenvalue weighted by Crippen LogP contribution is -2.41. The summed E-state index contributed by atoms with van der Waals surface area (Å²) in [7, 11) is 1.59. The maximum absolute atomic E-state index is 11.5. The molecule has 2 bridgehead atoms. The van der Waals surface area contributed by atoms with Crippen molar-refractivity contribution in [2.24, 2.45) is 5.92 Å². The number of hydrogen-bond donors (Lipinski definition) is 2. The van der Waals surface area contributed by atoms with E-state index >= 15 is 0 Å². The van der Waals surface area contributed by atoms with Crippen LogP contribution in [0.5, 0.6) is 0 Å². The van der Waals surface area contributed by atoms with E-state index in [4.69, 9.17) is 4.18 Å². The zero-order valence-corrected chi connectivity index (χ0v) is 16.6. The number of aliphatic hydroxyl groups is 1. The summed E-state index contributed by atoms with van der Waals surface area (Å²) in [6, 6.07) is 10.5. The van der Waals surface area contributed by atoms with Crippen LogP contribution in [-0.4, -0.2) is 66.4 Å². The third-order valence-electron chi connectivity index (χ3n) is 5.51. The molecule has 2 atom stereocenters. The van der Waals surface area contributed by atoms with E-state index in [-0.39, 0.29) is 11.2 Å². The molecule has 3 heterocycles. The summed E-state index contributed by atoms with van der Waals surface area (Å²) in [5.74, 6) is 0.639. The molecule has 0 aliphatic carbocycles. The van der Waals surface area contributed by atoms with Crippen LogP contribution in [0.1, 0.15) is 31.2 Å². The molecule has 2 unspecified atom stereocenters.